The SMILES string of the molecule is Cc1cc(Sc2ccncc2)c([C@@H](C)N)cc1F. The Hall–Kier alpha value is -1.39. The van der Waals surface area contributed by atoms with Gasteiger partial charge in [-0.2, -0.15) is 0 Å². The molecule has 0 aliphatic rings. The van der Waals surface area contributed by atoms with Crippen molar-refractivity contribution in [3.05, 3.63) is 53.6 Å². The van der Waals surface area contributed by atoms with Crippen molar-refractivity contribution in [3.63, 3.8) is 0 Å². The van der Waals surface area contributed by atoms with Gasteiger partial charge in [-0.3, -0.25) is 4.98 Å². The molecule has 1 aromatic carbocycles. The van der Waals surface area contributed by atoms with Gasteiger partial charge in [0.2, 0.25) is 0 Å². The van der Waals surface area contributed by atoms with Crippen LogP contribution in [-0.2, 0) is 0 Å². The van der Waals surface area contributed by atoms with Gasteiger partial charge in [0.15, 0.2) is 0 Å². The molecular weight excluding hydrogens is 247 g/mol. The van der Waals surface area contributed by atoms with E-state index < -0.39 is 0 Å². The first-order valence-corrected chi connectivity index (χ1v) is 6.53. The van der Waals surface area contributed by atoms with Gasteiger partial charge < -0.3 is 5.73 Å². The summed E-state index contributed by atoms with van der Waals surface area (Å²) in [6.45, 7) is 3.62. The average Bonchev–Trinajstić information content (AvgIpc) is 2.34. The molecule has 2 rings (SSSR count). The van der Waals surface area contributed by atoms with E-state index in [4.69, 9.17) is 5.73 Å². The van der Waals surface area contributed by atoms with Crippen LogP contribution in [0.4, 0.5) is 4.39 Å². The van der Waals surface area contributed by atoms with Crippen LogP contribution in [0.3, 0.4) is 0 Å². The van der Waals surface area contributed by atoms with Gasteiger partial charge in [0.25, 0.3) is 0 Å². The third-order valence-electron chi connectivity index (χ3n) is 2.66. The highest BCUT2D eigenvalue weighted by molar-refractivity contribution is 7.99. The fraction of sp³-hybridized carbons (Fsp3) is 0.214. The summed E-state index contributed by atoms with van der Waals surface area (Å²) in [4.78, 5) is 6.04. The molecule has 94 valence electrons. The van der Waals surface area contributed by atoms with E-state index in [9.17, 15) is 4.39 Å². The molecule has 0 aliphatic carbocycles. The maximum absolute atomic E-state index is 13.6. The quantitative estimate of drug-likeness (QED) is 0.916. The van der Waals surface area contributed by atoms with E-state index >= 15 is 0 Å². The minimum atomic E-state index is -0.207. The minimum absolute atomic E-state index is 0.190. The van der Waals surface area contributed by atoms with Gasteiger partial charge in [-0.05, 0) is 49.2 Å². The van der Waals surface area contributed by atoms with Crippen molar-refractivity contribution >= 4 is 11.8 Å². The van der Waals surface area contributed by atoms with Crippen LogP contribution < -0.4 is 5.73 Å². The fourth-order valence-corrected chi connectivity index (χ4v) is 2.76. The van der Waals surface area contributed by atoms with Gasteiger partial charge in [0, 0.05) is 28.2 Å². The van der Waals surface area contributed by atoms with Crippen LogP contribution in [0, 0.1) is 12.7 Å². The molecule has 0 saturated carbocycles. The van der Waals surface area contributed by atoms with E-state index in [1.807, 2.05) is 25.1 Å². The number of hydrogen-bond donors (Lipinski definition) is 1. The van der Waals surface area contributed by atoms with E-state index in [0.29, 0.717) is 5.56 Å². The molecule has 0 radical (unpaired) electrons. The van der Waals surface area contributed by atoms with Crippen LogP contribution in [0.15, 0.2) is 46.5 Å². The maximum atomic E-state index is 13.6. The van der Waals surface area contributed by atoms with Crippen LogP contribution in [0.5, 0.6) is 0 Å². The molecule has 0 spiro atoms. The van der Waals surface area contributed by atoms with E-state index in [0.717, 1.165) is 15.4 Å². The summed E-state index contributed by atoms with van der Waals surface area (Å²) >= 11 is 1.58. The minimum Gasteiger partial charge on any atom is -0.324 e. The number of aryl methyl sites for hydroxylation is 1. The largest absolute Gasteiger partial charge is 0.324 e. The van der Waals surface area contributed by atoms with Crippen molar-refractivity contribution in [1.29, 1.82) is 0 Å². The number of rotatable bonds is 3. The molecular formula is C14H15FN2S. The Morgan fingerprint density at radius 1 is 1.28 bits per heavy atom. The van der Waals surface area contributed by atoms with E-state index in [1.54, 1.807) is 31.1 Å². The molecule has 18 heavy (non-hydrogen) atoms. The molecule has 1 aromatic heterocycles. The fourth-order valence-electron chi connectivity index (χ4n) is 1.65. The number of benzene rings is 1. The zero-order valence-electron chi connectivity index (χ0n) is 10.4. The highest BCUT2D eigenvalue weighted by atomic mass is 32.2. The smallest absolute Gasteiger partial charge is 0.126 e. The summed E-state index contributed by atoms with van der Waals surface area (Å²) in [5, 5.41) is 0. The van der Waals surface area contributed by atoms with Gasteiger partial charge in [-0.15, -0.1) is 0 Å². The Morgan fingerprint density at radius 3 is 2.56 bits per heavy atom. The van der Waals surface area contributed by atoms with Crippen LogP contribution in [0.2, 0.25) is 0 Å². The van der Waals surface area contributed by atoms with E-state index in [1.165, 1.54) is 6.07 Å². The van der Waals surface area contributed by atoms with Gasteiger partial charge in [0.1, 0.15) is 5.82 Å². The van der Waals surface area contributed by atoms with E-state index in [-0.39, 0.29) is 11.9 Å². The van der Waals surface area contributed by atoms with E-state index in [2.05, 4.69) is 4.98 Å². The molecule has 4 heteroatoms. The highest BCUT2D eigenvalue weighted by Crippen LogP contribution is 2.34. The lowest BCUT2D eigenvalue weighted by Gasteiger charge is -2.14. The lowest BCUT2D eigenvalue weighted by atomic mass is 10.1. The average molecular weight is 262 g/mol. The number of aromatic nitrogens is 1. The Labute approximate surface area is 110 Å². The first kappa shape index (κ1) is 13.1. The van der Waals surface area contributed by atoms with Gasteiger partial charge in [0.05, 0.1) is 0 Å². The Morgan fingerprint density at radius 2 is 1.94 bits per heavy atom. The number of nitrogens with zero attached hydrogens (tertiary/aromatic N) is 1. The predicted octanol–water partition coefficient (Wildman–Crippen LogP) is 3.70. The number of pyridine rings is 1. The van der Waals surface area contributed by atoms with Crippen LogP contribution in [0.25, 0.3) is 0 Å². The summed E-state index contributed by atoms with van der Waals surface area (Å²) in [5.74, 6) is -0.207. The monoisotopic (exact) mass is 262 g/mol. The standard InChI is InChI=1S/C14H15FN2S/c1-9-7-14(12(10(2)16)8-13(9)15)18-11-3-5-17-6-4-11/h3-8,10H,16H2,1-2H3/t10-/m1/s1. The van der Waals surface area contributed by atoms with Gasteiger partial charge in [-0.25, -0.2) is 4.39 Å². The lowest BCUT2D eigenvalue weighted by Crippen LogP contribution is -2.07. The van der Waals surface area contributed by atoms with Crippen molar-refractivity contribution < 1.29 is 4.39 Å². The van der Waals surface area contributed by atoms with Crippen molar-refractivity contribution in [2.75, 3.05) is 0 Å². The normalized spacial score (nSPS) is 12.4. The van der Waals surface area contributed by atoms with Crippen LogP contribution in [0.1, 0.15) is 24.1 Å². The molecule has 0 saturated heterocycles. The molecule has 0 amide bonds. The van der Waals surface area contributed by atoms with Crippen molar-refractivity contribution in [2.45, 2.75) is 29.7 Å². The zero-order chi connectivity index (χ0) is 13.1. The first-order valence-electron chi connectivity index (χ1n) is 5.71. The first-order chi connectivity index (χ1) is 8.58. The molecule has 2 nitrogen and oxygen atoms in total. The van der Waals surface area contributed by atoms with Gasteiger partial charge >= 0.3 is 0 Å². The lowest BCUT2D eigenvalue weighted by molar-refractivity contribution is 0.610. The third kappa shape index (κ3) is 2.89. The molecule has 2 N–H and O–H groups in total. The van der Waals surface area contributed by atoms with Crippen molar-refractivity contribution in [1.82, 2.24) is 4.98 Å². The second-order valence-corrected chi connectivity index (χ2v) is 5.33. The summed E-state index contributed by atoms with van der Waals surface area (Å²) in [6, 6.07) is 7.04. The summed E-state index contributed by atoms with van der Waals surface area (Å²) in [5.41, 5.74) is 7.36. The van der Waals surface area contributed by atoms with Crippen LogP contribution in [-0.4, -0.2) is 4.98 Å². The number of halogens is 1. The number of nitrogens with two attached hydrogens (primary N) is 1. The second kappa shape index (κ2) is 5.50. The maximum Gasteiger partial charge on any atom is 0.126 e. The predicted molar refractivity (Wildman–Crippen MR) is 72.1 cm³/mol. The van der Waals surface area contributed by atoms with Crippen molar-refractivity contribution in [3.8, 4) is 0 Å². The molecule has 0 fully saturated rings. The highest BCUT2D eigenvalue weighted by Gasteiger charge is 2.12. The van der Waals surface area contributed by atoms with Gasteiger partial charge in [-0.1, -0.05) is 11.8 Å². The third-order valence-corrected chi connectivity index (χ3v) is 3.74. The topological polar surface area (TPSA) is 38.9 Å². The zero-order valence-corrected chi connectivity index (χ0v) is 11.2. The molecule has 0 bridgehead atoms. The number of hydrogen-bond acceptors (Lipinski definition) is 3. The van der Waals surface area contributed by atoms with Crippen LogP contribution >= 0.6 is 11.8 Å². The Bertz CT molecular complexity index is 541. The van der Waals surface area contributed by atoms with Crippen molar-refractivity contribution in [2.24, 2.45) is 5.73 Å². The molecule has 0 aliphatic heterocycles. The Kier molecular flexibility index (Phi) is 3.99. The second-order valence-electron chi connectivity index (χ2n) is 4.21. The molecule has 0 unspecified atom stereocenters. The molecule has 2 aromatic rings. The summed E-state index contributed by atoms with van der Waals surface area (Å²) < 4.78 is 13.6. The summed E-state index contributed by atoms with van der Waals surface area (Å²) in [6.07, 6.45) is 3.48. The summed E-state index contributed by atoms with van der Waals surface area (Å²) in [7, 11) is 0. The molecule has 1 atom stereocenters. The molecule has 1 heterocycles. The Balaban J connectivity index is 2.40.